The Balaban J connectivity index is 2.07. The molecule has 2 aromatic rings. The zero-order valence-electron chi connectivity index (χ0n) is 12.9. The molecule has 7 heteroatoms. The van der Waals surface area contributed by atoms with E-state index in [2.05, 4.69) is 15.3 Å². The van der Waals surface area contributed by atoms with E-state index in [1.807, 2.05) is 37.4 Å². The van der Waals surface area contributed by atoms with Crippen LogP contribution in [0.1, 0.15) is 30.4 Å². The predicted octanol–water partition coefficient (Wildman–Crippen LogP) is 3.08. The van der Waals surface area contributed by atoms with Gasteiger partial charge in [-0.1, -0.05) is 30.8 Å². The lowest BCUT2D eigenvalue weighted by atomic mass is 9.87. The number of hydrogen-bond acceptors (Lipinski definition) is 5. The third-order valence-electron chi connectivity index (χ3n) is 3.73. The maximum Gasteiger partial charge on any atom is 0.257 e. The highest BCUT2D eigenvalue weighted by atomic mass is 32.2. The highest BCUT2D eigenvalue weighted by Crippen LogP contribution is 2.34. The number of thioether (sulfide) groups is 2. The van der Waals surface area contributed by atoms with Crippen molar-refractivity contribution in [2.24, 2.45) is 0 Å². The number of nitrogens with zero attached hydrogens (tertiary/aromatic N) is 1. The van der Waals surface area contributed by atoms with E-state index in [4.69, 9.17) is 0 Å². The lowest BCUT2D eigenvalue weighted by Crippen LogP contribution is -2.31. The first-order valence-electron chi connectivity index (χ1n) is 7.33. The van der Waals surface area contributed by atoms with E-state index in [0.29, 0.717) is 16.5 Å². The lowest BCUT2D eigenvalue weighted by molar-refractivity contribution is -0.116. The zero-order chi connectivity index (χ0) is 16.4. The van der Waals surface area contributed by atoms with Crippen molar-refractivity contribution in [3.63, 3.8) is 0 Å². The van der Waals surface area contributed by atoms with Gasteiger partial charge in [-0.25, -0.2) is 4.98 Å². The number of aromatic amines is 1. The summed E-state index contributed by atoms with van der Waals surface area (Å²) in [7, 11) is 0. The molecule has 0 aliphatic carbocycles. The molecule has 5 nitrogen and oxygen atoms in total. The van der Waals surface area contributed by atoms with E-state index in [-0.39, 0.29) is 23.8 Å². The normalized spacial score (nSPS) is 16.8. The molecule has 23 heavy (non-hydrogen) atoms. The molecule has 1 aromatic carbocycles. The largest absolute Gasteiger partial charge is 0.310 e. The van der Waals surface area contributed by atoms with Gasteiger partial charge >= 0.3 is 0 Å². The van der Waals surface area contributed by atoms with E-state index in [1.165, 1.54) is 11.8 Å². The number of anilines is 1. The van der Waals surface area contributed by atoms with Gasteiger partial charge in [0, 0.05) is 17.2 Å². The van der Waals surface area contributed by atoms with Gasteiger partial charge in [-0.05, 0) is 29.7 Å². The Kier molecular flexibility index (Phi) is 4.77. The summed E-state index contributed by atoms with van der Waals surface area (Å²) in [6.45, 7) is 1.98. The van der Waals surface area contributed by atoms with Crippen LogP contribution < -0.4 is 10.9 Å². The van der Waals surface area contributed by atoms with Crippen LogP contribution in [0.4, 0.5) is 5.82 Å². The number of H-pyrrole nitrogens is 1. The number of amides is 1. The Labute approximate surface area is 142 Å². The van der Waals surface area contributed by atoms with E-state index >= 15 is 0 Å². The van der Waals surface area contributed by atoms with E-state index in [0.717, 1.165) is 16.2 Å². The summed E-state index contributed by atoms with van der Waals surface area (Å²) in [4.78, 5) is 32.9. The van der Waals surface area contributed by atoms with Crippen molar-refractivity contribution in [3.8, 4) is 0 Å². The molecule has 0 saturated heterocycles. The topological polar surface area (TPSA) is 74.8 Å². The molecule has 3 rings (SSSR count). The first kappa shape index (κ1) is 16.1. The van der Waals surface area contributed by atoms with Crippen LogP contribution in [0.15, 0.2) is 39.1 Å². The van der Waals surface area contributed by atoms with Gasteiger partial charge in [0.1, 0.15) is 5.82 Å². The third-order valence-corrected chi connectivity index (χ3v) is 5.23. The first-order valence-corrected chi connectivity index (χ1v) is 9.54. The second kappa shape index (κ2) is 6.80. The zero-order valence-corrected chi connectivity index (χ0v) is 14.5. The molecule has 1 aliphatic heterocycles. The second-order valence-electron chi connectivity index (χ2n) is 5.14. The average molecular weight is 347 g/mol. The standard InChI is InChI=1S/C16H17N3O2S2/c1-3-23-16-18-14-13(15(21)19-16)11(8-12(20)17-14)9-4-6-10(22-2)7-5-9/h4-7,11H,3,8H2,1-2H3,(H2,17,18,19,20,21). The Morgan fingerprint density at radius 3 is 2.65 bits per heavy atom. The van der Waals surface area contributed by atoms with Gasteiger partial charge in [0.2, 0.25) is 5.91 Å². The number of hydrogen-bond donors (Lipinski definition) is 2. The van der Waals surface area contributed by atoms with Gasteiger partial charge in [0.15, 0.2) is 5.16 Å². The molecule has 0 saturated carbocycles. The molecule has 1 aromatic heterocycles. The van der Waals surface area contributed by atoms with E-state index in [9.17, 15) is 9.59 Å². The summed E-state index contributed by atoms with van der Waals surface area (Å²) in [5, 5.41) is 3.27. The fourth-order valence-electron chi connectivity index (χ4n) is 2.68. The van der Waals surface area contributed by atoms with Crippen LogP contribution in [0.5, 0.6) is 0 Å². The highest BCUT2D eigenvalue weighted by molar-refractivity contribution is 7.99. The van der Waals surface area contributed by atoms with Gasteiger partial charge in [-0.3, -0.25) is 9.59 Å². The predicted molar refractivity (Wildman–Crippen MR) is 94.6 cm³/mol. The van der Waals surface area contributed by atoms with Crippen LogP contribution in [-0.2, 0) is 4.79 Å². The van der Waals surface area contributed by atoms with Crippen LogP contribution in [0, 0.1) is 0 Å². The Morgan fingerprint density at radius 2 is 2.00 bits per heavy atom. The number of carbonyl (C=O) groups is 1. The smallest absolute Gasteiger partial charge is 0.257 e. The van der Waals surface area contributed by atoms with Crippen LogP contribution >= 0.6 is 23.5 Å². The SMILES string of the molecule is CCSc1nc2c(c(=O)[nH]1)C(c1ccc(SC)cc1)CC(=O)N2. The van der Waals surface area contributed by atoms with Crippen LogP contribution in [-0.4, -0.2) is 27.9 Å². The molecule has 0 radical (unpaired) electrons. The van der Waals surface area contributed by atoms with Gasteiger partial charge in [-0.15, -0.1) is 11.8 Å². The Bertz CT molecular complexity index is 787. The summed E-state index contributed by atoms with van der Waals surface area (Å²) in [6, 6.07) is 7.98. The molecule has 0 spiro atoms. The minimum absolute atomic E-state index is 0.109. The van der Waals surface area contributed by atoms with Gasteiger partial charge in [0.25, 0.3) is 5.56 Å². The van der Waals surface area contributed by atoms with Crippen molar-refractivity contribution in [1.82, 2.24) is 9.97 Å². The number of rotatable bonds is 4. The van der Waals surface area contributed by atoms with Crippen LogP contribution in [0.25, 0.3) is 0 Å². The van der Waals surface area contributed by atoms with Crippen molar-refractivity contribution in [2.75, 3.05) is 17.3 Å². The molecule has 0 bridgehead atoms. The maximum absolute atomic E-state index is 12.5. The fraction of sp³-hybridized carbons (Fsp3) is 0.312. The molecule has 2 heterocycles. The summed E-state index contributed by atoms with van der Waals surface area (Å²) in [5.74, 6) is 0.823. The summed E-state index contributed by atoms with van der Waals surface area (Å²) in [5.41, 5.74) is 1.33. The third kappa shape index (κ3) is 3.30. The Morgan fingerprint density at radius 1 is 1.26 bits per heavy atom. The quantitative estimate of drug-likeness (QED) is 0.657. The Hall–Kier alpha value is -1.73. The molecule has 1 aliphatic rings. The first-order chi connectivity index (χ1) is 11.1. The van der Waals surface area contributed by atoms with Crippen molar-refractivity contribution in [3.05, 3.63) is 45.7 Å². The molecule has 1 amide bonds. The van der Waals surface area contributed by atoms with Gasteiger partial charge in [-0.2, -0.15) is 0 Å². The molecule has 2 N–H and O–H groups in total. The molecule has 120 valence electrons. The van der Waals surface area contributed by atoms with Crippen molar-refractivity contribution in [2.45, 2.75) is 29.3 Å². The lowest BCUT2D eigenvalue weighted by Gasteiger charge is -2.24. The average Bonchev–Trinajstić information content (AvgIpc) is 2.54. The molecular formula is C16H17N3O2S2. The summed E-state index contributed by atoms with van der Waals surface area (Å²) >= 11 is 3.10. The van der Waals surface area contributed by atoms with Crippen molar-refractivity contribution >= 4 is 35.2 Å². The van der Waals surface area contributed by atoms with Crippen molar-refractivity contribution in [1.29, 1.82) is 0 Å². The second-order valence-corrected chi connectivity index (χ2v) is 7.28. The number of fused-ring (bicyclic) bond motifs is 1. The number of aromatic nitrogens is 2. The minimum Gasteiger partial charge on any atom is -0.310 e. The van der Waals surface area contributed by atoms with Crippen LogP contribution in [0.2, 0.25) is 0 Å². The van der Waals surface area contributed by atoms with Gasteiger partial charge in [0.05, 0.1) is 5.56 Å². The number of carbonyl (C=O) groups excluding carboxylic acids is 1. The van der Waals surface area contributed by atoms with Crippen LogP contribution in [0.3, 0.4) is 0 Å². The number of nitrogens with one attached hydrogen (secondary N) is 2. The maximum atomic E-state index is 12.5. The molecule has 0 fully saturated rings. The van der Waals surface area contributed by atoms with E-state index in [1.54, 1.807) is 11.8 Å². The fourth-order valence-corrected chi connectivity index (χ4v) is 3.68. The van der Waals surface area contributed by atoms with Gasteiger partial charge < -0.3 is 10.3 Å². The molecule has 1 atom stereocenters. The summed E-state index contributed by atoms with van der Waals surface area (Å²) < 4.78 is 0. The monoisotopic (exact) mass is 347 g/mol. The summed E-state index contributed by atoms with van der Waals surface area (Å²) in [6.07, 6.45) is 2.27. The van der Waals surface area contributed by atoms with E-state index < -0.39 is 0 Å². The molecule has 1 unspecified atom stereocenters. The minimum atomic E-state index is -0.258. The number of benzene rings is 1. The van der Waals surface area contributed by atoms with Crippen molar-refractivity contribution < 1.29 is 4.79 Å². The molecular weight excluding hydrogens is 330 g/mol. The highest BCUT2D eigenvalue weighted by Gasteiger charge is 2.30.